The molecule has 2 heteroatoms. The van der Waals surface area contributed by atoms with Crippen LogP contribution >= 0.6 is 0 Å². The van der Waals surface area contributed by atoms with Crippen molar-refractivity contribution < 1.29 is 4.42 Å². The van der Waals surface area contributed by atoms with Crippen LogP contribution in [0.4, 0.5) is 0 Å². The van der Waals surface area contributed by atoms with Gasteiger partial charge in [-0.25, -0.2) is 0 Å². The monoisotopic (exact) mass is 271 g/mol. The van der Waals surface area contributed by atoms with E-state index in [0.29, 0.717) is 0 Å². The molecule has 108 valence electrons. The second kappa shape index (κ2) is 7.30. The lowest BCUT2D eigenvalue weighted by Gasteiger charge is -2.18. The molecule has 2 aromatic rings. The van der Waals surface area contributed by atoms with E-state index in [1.165, 1.54) is 36.0 Å². The van der Waals surface area contributed by atoms with Gasteiger partial charge in [-0.1, -0.05) is 44.5 Å². The van der Waals surface area contributed by atoms with Crippen LogP contribution in [-0.2, 0) is 6.42 Å². The van der Waals surface area contributed by atoms with Crippen LogP contribution in [-0.4, -0.2) is 6.54 Å². The van der Waals surface area contributed by atoms with E-state index in [-0.39, 0.29) is 6.04 Å². The van der Waals surface area contributed by atoms with Crippen molar-refractivity contribution in [2.24, 2.45) is 0 Å². The maximum atomic E-state index is 5.45. The van der Waals surface area contributed by atoms with Crippen molar-refractivity contribution in [2.75, 3.05) is 6.54 Å². The highest BCUT2D eigenvalue weighted by Crippen LogP contribution is 2.26. The first-order chi connectivity index (χ1) is 9.76. The molecular formula is C18H25NO. The average Bonchev–Trinajstić information content (AvgIpc) is 2.89. The van der Waals surface area contributed by atoms with Gasteiger partial charge in [0.1, 0.15) is 5.76 Å². The molecule has 2 nitrogen and oxygen atoms in total. The van der Waals surface area contributed by atoms with E-state index in [1.54, 1.807) is 6.26 Å². The Morgan fingerprint density at radius 1 is 1.10 bits per heavy atom. The molecule has 0 aliphatic heterocycles. The Morgan fingerprint density at radius 3 is 2.40 bits per heavy atom. The summed E-state index contributed by atoms with van der Waals surface area (Å²) in [6.07, 6.45) is 5.45. The van der Waals surface area contributed by atoms with Crippen LogP contribution < -0.4 is 5.32 Å². The number of hydrogen-bond donors (Lipinski definition) is 1. The van der Waals surface area contributed by atoms with Gasteiger partial charge >= 0.3 is 0 Å². The van der Waals surface area contributed by atoms with Crippen LogP contribution in [0.3, 0.4) is 0 Å². The van der Waals surface area contributed by atoms with Crippen molar-refractivity contribution in [3.8, 4) is 0 Å². The Hall–Kier alpha value is -1.54. The van der Waals surface area contributed by atoms with Gasteiger partial charge in [-0.3, -0.25) is 0 Å². The predicted octanol–water partition coefficient (Wildman–Crippen LogP) is 4.63. The molecule has 1 atom stereocenters. The molecule has 0 aliphatic carbocycles. The SMILES string of the molecule is CCCCc1ccc(C(NCC)c2ccoc2C)cc1. The largest absolute Gasteiger partial charge is 0.469 e. The summed E-state index contributed by atoms with van der Waals surface area (Å²) in [7, 11) is 0. The van der Waals surface area contributed by atoms with Gasteiger partial charge in [0.05, 0.1) is 12.3 Å². The zero-order valence-corrected chi connectivity index (χ0v) is 12.8. The minimum Gasteiger partial charge on any atom is -0.469 e. The molecule has 0 aliphatic rings. The Labute approximate surface area is 122 Å². The van der Waals surface area contributed by atoms with Crippen molar-refractivity contribution >= 4 is 0 Å². The topological polar surface area (TPSA) is 25.2 Å². The maximum absolute atomic E-state index is 5.45. The lowest BCUT2D eigenvalue weighted by atomic mass is 9.97. The summed E-state index contributed by atoms with van der Waals surface area (Å²) in [4.78, 5) is 0. The van der Waals surface area contributed by atoms with Gasteiger partial charge in [0.2, 0.25) is 0 Å². The zero-order chi connectivity index (χ0) is 14.4. The Kier molecular flexibility index (Phi) is 5.42. The van der Waals surface area contributed by atoms with E-state index in [9.17, 15) is 0 Å². The first-order valence-corrected chi connectivity index (χ1v) is 7.62. The van der Waals surface area contributed by atoms with Gasteiger partial charge in [-0.05, 0) is 43.5 Å². The fourth-order valence-corrected chi connectivity index (χ4v) is 2.56. The third kappa shape index (κ3) is 3.51. The molecule has 0 fully saturated rings. The fraction of sp³-hybridized carbons (Fsp3) is 0.444. The summed E-state index contributed by atoms with van der Waals surface area (Å²) >= 11 is 0. The smallest absolute Gasteiger partial charge is 0.105 e. The lowest BCUT2D eigenvalue weighted by molar-refractivity contribution is 0.520. The van der Waals surface area contributed by atoms with Crippen molar-refractivity contribution in [3.63, 3.8) is 0 Å². The summed E-state index contributed by atoms with van der Waals surface area (Å²) in [5.41, 5.74) is 3.96. The van der Waals surface area contributed by atoms with Crippen LogP contribution in [0.1, 0.15) is 55.2 Å². The molecule has 1 aromatic heterocycles. The number of benzene rings is 1. The van der Waals surface area contributed by atoms with E-state index in [0.717, 1.165) is 12.3 Å². The third-order valence-electron chi connectivity index (χ3n) is 3.75. The van der Waals surface area contributed by atoms with E-state index in [2.05, 4.69) is 49.5 Å². The number of nitrogens with one attached hydrogen (secondary N) is 1. The summed E-state index contributed by atoms with van der Waals surface area (Å²) < 4.78 is 5.45. The lowest BCUT2D eigenvalue weighted by Crippen LogP contribution is -2.22. The molecule has 0 spiro atoms. The van der Waals surface area contributed by atoms with E-state index in [1.807, 2.05) is 6.92 Å². The predicted molar refractivity (Wildman–Crippen MR) is 84.0 cm³/mol. The van der Waals surface area contributed by atoms with Crippen LogP contribution in [0.2, 0.25) is 0 Å². The molecule has 1 heterocycles. The number of hydrogen-bond acceptors (Lipinski definition) is 2. The molecule has 1 N–H and O–H groups in total. The number of rotatable bonds is 7. The van der Waals surface area contributed by atoms with Crippen LogP contribution in [0.25, 0.3) is 0 Å². The number of unbranched alkanes of at least 4 members (excludes halogenated alkanes) is 1. The summed E-state index contributed by atoms with van der Waals surface area (Å²) in [5, 5.41) is 3.54. The van der Waals surface area contributed by atoms with Gasteiger partial charge in [0.25, 0.3) is 0 Å². The summed E-state index contributed by atoms with van der Waals surface area (Å²) in [6.45, 7) is 7.33. The van der Waals surface area contributed by atoms with E-state index < -0.39 is 0 Å². The molecule has 2 rings (SSSR count). The molecule has 0 saturated heterocycles. The van der Waals surface area contributed by atoms with Crippen LogP contribution in [0.5, 0.6) is 0 Å². The van der Waals surface area contributed by atoms with E-state index in [4.69, 9.17) is 4.42 Å². The van der Waals surface area contributed by atoms with Gasteiger partial charge in [-0.15, -0.1) is 0 Å². The minimum absolute atomic E-state index is 0.221. The van der Waals surface area contributed by atoms with Gasteiger partial charge in [-0.2, -0.15) is 0 Å². The van der Waals surface area contributed by atoms with Crippen LogP contribution in [0, 0.1) is 6.92 Å². The van der Waals surface area contributed by atoms with Crippen LogP contribution in [0.15, 0.2) is 41.0 Å². The number of furan rings is 1. The number of aryl methyl sites for hydroxylation is 2. The molecule has 0 bridgehead atoms. The van der Waals surface area contributed by atoms with Crippen molar-refractivity contribution in [3.05, 3.63) is 59.0 Å². The zero-order valence-electron chi connectivity index (χ0n) is 12.8. The highest BCUT2D eigenvalue weighted by molar-refractivity contribution is 5.34. The maximum Gasteiger partial charge on any atom is 0.105 e. The second-order valence-electron chi connectivity index (χ2n) is 5.27. The molecule has 0 amide bonds. The molecular weight excluding hydrogens is 246 g/mol. The van der Waals surface area contributed by atoms with Gasteiger partial charge < -0.3 is 9.73 Å². The molecule has 20 heavy (non-hydrogen) atoms. The molecule has 0 saturated carbocycles. The summed E-state index contributed by atoms with van der Waals surface area (Å²) in [5.74, 6) is 0.992. The van der Waals surface area contributed by atoms with Crippen molar-refractivity contribution in [1.82, 2.24) is 5.32 Å². The Bertz CT molecular complexity index is 512. The average molecular weight is 271 g/mol. The van der Waals surface area contributed by atoms with Gasteiger partial charge in [0.15, 0.2) is 0 Å². The van der Waals surface area contributed by atoms with E-state index >= 15 is 0 Å². The first kappa shape index (κ1) is 14.9. The second-order valence-corrected chi connectivity index (χ2v) is 5.27. The van der Waals surface area contributed by atoms with Crippen molar-refractivity contribution in [1.29, 1.82) is 0 Å². The highest BCUT2D eigenvalue weighted by Gasteiger charge is 2.16. The summed E-state index contributed by atoms with van der Waals surface area (Å²) in [6, 6.07) is 11.3. The highest BCUT2D eigenvalue weighted by atomic mass is 16.3. The standard InChI is InChI=1S/C18H25NO/c1-4-6-7-15-8-10-16(11-9-15)18(19-5-2)17-12-13-20-14(17)3/h8-13,18-19H,4-7H2,1-3H3. The first-order valence-electron chi connectivity index (χ1n) is 7.62. The van der Waals surface area contributed by atoms with Gasteiger partial charge in [0, 0.05) is 5.56 Å². The molecule has 1 aromatic carbocycles. The van der Waals surface area contributed by atoms with Crippen molar-refractivity contribution in [2.45, 2.75) is 46.1 Å². The fourth-order valence-electron chi connectivity index (χ4n) is 2.56. The quantitative estimate of drug-likeness (QED) is 0.794. The normalized spacial score (nSPS) is 12.6. The minimum atomic E-state index is 0.221. The Morgan fingerprint density at radius 2 is 1.85 bits per heavy atom. The molecule has 0 radical (unpaired) electrons. The molecule has 1 unspecified atom stereocenters. The third-order valence-corrected chi connectivity index (χ3v) is 3.75. The Balaban J connectivity index is 2.19.